The molecule has 1 aliphatic heterocycles. The number of nitrogens with one attached hydrogen (secondary N) is 3. The van der Waals surface area contributed by atoms with Crippen molar-refractivity contribution in [2.24, 2.45) is 5.92 Å². The quantitative estimate of drug-likeness (QED) is 0.580. The fourth-order valence-corrected chi connectivity index (χ4v) is 2.13. The molecule has 0 aromatic carbocycles. The lowest BCUT2D eigenvalue weighted by Crippen LogP contribution is -2.52. The van der Waals surface area contributed by atoms with E-state index in [1.165, 1.54) is 0 Å². The molecule has 0 bridgehead atoms. The number of rotatable bonds is 7. The molecule has 0 aromatic rings. The van der Waals surface area contributed by atoms with Gasteiger partial charge in [0.05, 0.1) is 12.6 Å². The van der Waals surface area contributed by atoms with Gasteiger partial charge in [-0.15, -0.1) is 0 Å². The zero-order chi connectivity index (χ0) is 14.3. The molecule has 6 nitrogen and oxygen atoms in total. The molecule has 1 radical (unpaired) electrons. The van der Waals surface area contributed by atoms with Gasteiger partial charge in [-0.25, -0.2) is 0 Å². The second kappa shape index (κ2) is 7.89. The highest BCUT2D eigenvalue weighted by molar-refractivity contribution is 5.90. The first kappa shape index (κ1) is 15.6. The highest BCUT2D eigenvalue weighted by Crippen LogP contribution is 2.08. The molecule has 1 heterocycles. The van der Waals surface area contributed by atoms with Crippen LogP contribution in [0.3, 0.4) is 0 Å². The highest BCUT2D eigenvalue weighted by atomic mass is 16.2. The van der Waals surface area contributed by atoms with Gasteiger partial charge in [0.25, 0.3) is 0 Å². The average Bonchev–Trinajstić information content (AvgIpc) is 2.88. The minimum absolute atomic E-state index is 0.145. The van der Waals surface area contributed by atoms with E-state index in [-0.39, 0.29) is 30.3 Å². The summed E-state index contributed by atoms with van der Waals surface area (Å²) in [5, 5.41) is 8.28. The Bertz CT molecular complexity index is 325. The molecule has 1 rings (SSSR count). The fourth-order valence-electron chi connectivity index (χ4n) is 2.13. The van der Waals surface area contributed by atoms with Crippen LogP contribution in [0.1, 0.15) is 33.1 Å². The Labute approximate surface area is 113 Å². The minimum atomic E-state index is -0.594. The number of amides is 2. The zero-order valence-corrected chi connectivity index (χ0v) is 11.5. The van der Waals surface area contributed by atoms with Gasteiger partial charge in [0.15, 0.2) is 0 Å². The topological polar surface area (TPSA) is 87.3 Å². The lowest BCUT2D eigenvalue weighted by atomic mass is 10.0. The molecule has 0 aromatic heterocycles. The predicted molar refractivity (Wildman–Crippen MR) is 71.1 cm³/mol. The Balaban J connectivity index is 2.54. The minimum Gasteiger partial charge on any atom is -0.347 e. The maximum Gasteiger partial charge on any atom is 0.242 e. The molecule has 0 saturated carbocycles. The van der Waals surface area contributed by atoms with Crippen molar-refractivity contribution in [1.29, 1.82) is 0 Å². The van der Waals surface area contributed by atoms with E-state index in [0.717, 1.165) is 19.4 Å². The molecule has 0 aliphatic carbocycles. The third-order valence-corrected chi connectivity index (χ3v) is 3.05. The first-order valence-corrected chi connectivity index (χ1v) is 6.71. The van der Waals surface area contributed by atoms with Crippen LogP contribution in [0, 0.1) is 5.92 Å². The summed E-state index contributed by atoms with van der Waals surface area (Å²) in [6, 6.07) is -0.802. The van der Waals surface area contributed by atoms with Crippen LogP contribution in [0.25, 0.3) is 0 Å². The molecule has 2 atom stereocenters. The Morgan fingerprint density at radius 3 is 2.68 bits per heavy atom. The monoisotopic (exact) mass is 268 g/mol. The van der Waals surface area contributed by atoms with Crippen LogP contribution in [0.5, 0.6) is 0 Å². The summed E-state index contributed by atoms with van der Waals surface area (Å²) in [6.45, 7) is 4.64. The first-order chi connectivity index (χ1) is 9.04. The van der Waals surface area contributed by atoms with Crippen molar-refractivity contribution < 1.29 is 14.4 Å². The smallest absolute Gasteiger partial charge is 0.242 e. The van der Waals surface area contributed by atoms with Gasteiger partial charge < -0.3 is 16.0 Å². The Morgan fingerprint density at radius 2 is 2.16 bits per heavy atom. The van der Waals surface area contributed by atoms with E-state index in [2.05, 4.69) is 16.0 Å². The van der Waals surface area contributed by atoms with Gasteiger partial charge in [-0.2, -0.15) is 0 Å². The molecule has 0 spiro atoms. The van der Waals surface area contributed by atoms with Crippen molar-refractivity contribution in [2.75, 3.05) is 13.1 Å². The van der Waals surface area contributed by atoms with Crippen molar-refractivity contribution >= 4 is 18.1 Å². The van der Waals surface area contributed by atoms with Crippen molar-refractivity contribution in [3.05, 3.63) is 0 Å². The molecule has 1 fully saturated rings. The maximum atomic E-state index is 12.0. The van der Waals surface area contributed by atoms with Gasteiger partial charge in [-0.3, -0.25) is 14.4 Å². The van der Waals surface area contributed by atoms with E-state index >= 15 is 0 Å². The maximum absolute atomic E-state index is 12.0. The van der Waals surface area contributed by atoms with E-state index in [9.17, 15) is 14.4 Å². The second-order valence-electron chi connectivity index (χ2n) is 5.20. The molecule has 19 heavy (non-hydrogen) atoms. The molecule has 107 valence electrons. The van der Waals surface area contributed by atoms with Gasteiger partial charge >= 0.3 is 0 Å². The second-order valence-corrected chi connectivity index (χ2v) is 5.20. The largest absolute Gasteiger partial charge is 0.347 e. The Morgan fingerprint density at radius 1 is 1.42 bits per heavy atom. The van der Waals surface area contributed by atoms with E-state index in [1.807, 2.05) is 13.8 Å². The highest BCUT2D eigenvalue weighted by Gasteiger charge is 2.27. The predicted octanol–water partition coefficient (Wildman–Crippen LogP) is -0.505. The summed E-state index contributed by atoms with van der Waals surface area (Å²) in [7, 11) is 0. The van der Waals surface area contributed by atoms with Crippen LogP contribution >= 0.6 is 0 Å². The zero-order valence-electron chi connectivity index (χ0n) is 11.5. The van der Waals surface area contributed by atoms with Gasteiger partial charge in [0, 0.05) is 0 Å². The molecule has 2 amide bonds. The summed E-state index contributed by atoms with van der Waals surface area (Å²) in [5.41, 5.74) is 0. The molecular weight excluding hydrogens is 246 g/mol. The van der Waals surface area contributed by atoms with Crippen LogP contribution < -0.4 is 16.0 Å². The molecular formula is C13H22N3O3. The lowest BCUT2D eigenvalue weighted by molar-refractivity contribution is -0.130. The third kappa shape index (κ3) is 5.38. The molecule has 1 saturated heterocycles. The normalized spacial score (nSPS) is 20.1. The summed E-state index contributed by atoms with van der Waals surface area (Å²) in [5.74, 6) is -0.204. The third-order valence-electron chi connectivity index (χ3n) is 3.05. The molecule has 0 unspecified atom stereocenters. The SMILES string of the molecule is CC(C)C[C@H](NC(=O)[C@@H]1CCCN1)C(=O)NC[C]=O. The van der Waals surface area contributed by atoms with Crippen molar-refractivity contribution in [3.63, 3.8) is 0 Å². The van der Waals surface area contributed by atoms with E-state index in [4.69, 9.17) is 0 Å². The summed E-state index contributed by atoms with van der Waals surface area (Å²) >= 11 is 0. The molecule has 3 N–H and O–H groups in total. The van der Waals surface area contributed by atoms with Gasteiger partial charge in [0.1, 0.15) is 6.04 Å². The molecule has 1 aliphatic rings. The summed E-state index contributed by atoms with van der Waals surface area (Å²) in [6.07, 6.45) is 3.92. The fraction of sp³-hybridized carbons (Fsp3) is 0.769. The number of carbonyl (C=O) groups is 2. The van der Waals surface area contributed by atoms with Gasteiger partial charge in [-0.05, 0) is 31.7 Å². The average molecular weight is 268 g/mol. The van der Waals surface area contributed by atoms with Crippen molar-refractivity contribution in [3.8, 4) is 0 Å². The van der Waals surface area contributed by atoms with E-state index in [0.29, 0.717) is 6.42 Å². The summed E-state index contributed by atoms with van der Waals surface area (Å²) in [4.78, 5) is 34.0. The number of hydrogen-bond acceptors (Lipinski definition) is 4. The van der Waals surface area contributed by atoms with Crippen molar-refractivity contribution in [1.82, 2.24) is 16.0 Å². The number of hydrogen-bond donors (Lipinski definition) is 3. The van der Waals surface area contributed by atoms with Crippen LogP contribution in [0.2, 0.25) is 0 Å². The van der Waals surface area contributed by atoms with Crippen LogP contribution in [-0.4, -0.2) is 43.3 Å². The van der Waals surface area contributed by atoms with E-state index in [1.54, 1.807) is 6.29 Å². The van der Waals surface area contributed by atoms with E-state index < -0.39 is 6.04 Å². The number of carbonyl (C=O) groups excluding carboxylic acids is 3. The van der Waals surface area contributed by atoms with Crippen LogP contribution in [0.15, 0.2) is 0 Å². The summed E-state index contributed by atoms with van der Waals surface area (Å²) < 4.78 is 0. The van der Waals surface area contributed by atoms with Crippen molar-refractivity contribution in [2.45, 2.75) is 45.2 Å². The van der Waals surface area contributed by atoms with Crippen LogP contribution in [-0.2, 0) is 14.4 Å². The first-order valence-electron chi connectivity index (χ1n) is 6.71. The van der Waals surface area contributed by atoms with Crippen LogP contribution in [0.4, 0.5) is 0 Å². The van der Waals surface area contributed by atoms with Gasteiger partial charge in [0.2, 0.25) is 18.1 Å². The van der Waals surface area contributed by atoms with Gasteiger partial charge in [-0.1, -0.05) is 13.8 Å². The standard InChI is InChI=1S/C13H22N3O3/c1-9(2)8-11(12(18)15-6-7-17)16-13(19)10-4-3-5-14-10/h9-11,14H,3-6,8H2,1-2H3,(H,15,18)(H,16,19)/t10-,11-/m0/s1. The molecule has 6 heteroatoms. The lowest BCUT2D eigenvalue weighted by Gasteiger charge is -2.21. The Hall–Kier alpha value is -1.43. The Kier molecular flexibility index (Phi) is 6.49.